The predicted octanol–water partition coefficient (Wildman–Crippen LogP) is 2.63. The summed E-state index contributed by atoms with van der Waals surface area (Å²) >= 11 is 0. The summed E-state index contributed by atoms with van der Waals surface area (Å²) in [4.78, 5) is 11.7. The van der Waals surface area contributed by atoms with Crippen molar-refractivity contribution in [1.82, 2.24) is 5.32 Å². The van der Waals surface area contributed by atoms with Crippen molar-refractivity contribution in [3.05, 3.63) is 29.8 Å². The van der Waals surface area contributed by atoms with E-state index >= 15 is 0 Å². The monoisotopic (exact) mass is 272 g/mol. The standard InChI is InChI=1S/C16H20N2O2/c17-11-14-7-3-4-8-15(14)20-12-16(19)18-10-9-13-5-1-2-6-13/h3-4,7-8,13H,1-2,5-6,9-10,12H2,(H,18,19). The van der Waals surface area contributed by atoms with E-state index in [2.05, 4.69) is 5.32 Å². The highest BCUT2D eigenvalue weighted by Crippen LogP contribution is 2.26. The fourth-order valence-corrected chi connectivity index (χ4v) is 2.59. The van der Waals surface area contributed by atoms with Crippen molar-refractivity contribution in [1.29, 1.82) is 5.26 Å². The van der Waals surface area contributed by atoms with Gasteiger partial charge < -0.3 is 10.1 Å². The van der Waals surface area contributed by atoms with Gasteiger partial charge in [-0.3, -0.25) is 4.79 Å². The van der Waals surface area contributed by atoms with Crippen LogP contribution in [0.3, 0.4) is 0 Å². The van der Waals surface area contributed by atoms with E-state index in [1.165, 1.54) is 25.7 Å². The van der Waals surface area contributed by atoms with E-state index in [4.69, 9.17) is 10.00 Å². The third kappa shape index (κ3) is 4.27. The first-order chi connectivity index (χ1) is 9.79. The fraction of sp³-hybridized carbons (Fsp3) is 0.500. The average molecular weight is 272 g/mol. The summed E-state index contributed by atoms with van der Waals surface area (Å²) in [7, 11) is 0. The Morgan fingerprint density at radius 3 is 2.85 bits per heavy atom. The van der Waals surface area contributed by atoms with Gasteiger partial charge in [-0.25, -0.2) is 0 Å². The molecule has 4 nitrogen and oxygen atoms in total. The molecule has 20 heavy (non-hydrogen) atoms. The van der Waals surface area contributed by atoms with Crippen LogP contribution in [-0.2, 0) is 4.79 Å². The van der Waals surface area contributed by atoms with Gasteiger partial charge >= 0.3 is 0 Å². The van der Waals surface area contributed by atoms with Crippen LogP contribution >= 0.6 is 0 Å². The number of carbonyl (C=O) groups excluding carboxylic acids is 1. The Labute approximate surface area is 119 Å². The summed E-state index contributed by atoms with van der Waals surface area (Å²) in [5.74, 6) is 1.10. The SMILES string of the molecule is N#Cc1ccccc1OCC(=O)NCCC1CCCC1. The van der Waals surface area contributed by atoms with Crippen molar-refractivity contribution in [3.8, 4) is 11.8 Å². The van der Waals surface area contributed by atoms with Gasteiger partial charge in [0.25, 0.3) is 5.91 Å². The summed E-state index contributed by atoms with van der Waals surface area (Å²) in [6, 6.07) is 8.97. The minimum absolute atomic E-state index is 0.0383. The van der Waals surface area contributed by atoms with E-state index < -0.39 is 0 Å². The van der Waals surface area contributed by atoms with Crippen LogP contribution in [0.15, 0.2) is 24.3 Å². The molecule has 0 saturated heterocycles. The van der Waals surface area contributed by atoms with Gasteiger partial charge in [0, 0.05) is 6.54 Å². The molecule has 1 aliphatic carbocycles. The van der Waals surface area contributed by atoms with Crippen LogP contribution in [0.5, 0.6) is 5.75 Å². The van der Waals surface area contributed by atoms with E-state index in [1.807, 2.05) is 6.07 Å². The molecule has 0 unspecified atom stereocenters. The lowest BCUT2D eigenvalue weighted by molar-refractivity contribution is -0.123. The molecule has 0 atom stereocenters. The lowest BCUT2D eigenvalue weighted by Gasteiger charge is -2.11. The second-order valence-electron chi connectivity index (χ2n) is 5.19. The fourth-order valence-electron chi connectivity index (χ4n) is 2.59. The minimum Gasteiger partial charge on any atom is -0.482 e. The van der Waals surface area contributed by atoms with Crippen molar-refractivity contribution in [2.75, 3.05) is 13.2 Å². The Bertz CT molecular complexity index is 487. The van der Waals surface area contributed by atoms with Crippen LogP contribution in [0.2, 0.25) is 0 Å². The number of hydrogen-bond donors (Lipinski definition) is 1. The first kappa shape index (κ1) is 14.4. The number of nitrogens with one attached hydrogen (secondary N) is 1. The van der Waals surface area contributed by atoms with Crippen LogP contribution in [0.4, 0.5) is 0 Å². The first-order valence-corrected chi connectivity index (χ1v) is 7.18. The number of benzene rings is 1. The molecule has 0 aliphatic heterocycles. The average Bonchev–Trinajstić information content (AvgIpc) is 2.98. The first-order valence-electron chi connectivity index (χ1n) is 7.18. The molecular weight excluding hydrogens is 252 g/mol. The van der Waals surface area contributed by atoms with Crippen LogP contribution in [-0.4, -0.2) is 19.1 Å². The zero-order valence-electron chi connectivity index (χ0n) is 11.6. The van der Waals surface area contributed by atoms with Crippen molar-refractivity contribution < 1.29 is 9.53 Å². The molecule has 4 heteroatoms. The second kappa shape index (κ2) is 7.54. The Hall–Kier alpha value is -2.02. The summed E-state index contributed by atoms with van der Waals surface area (Å²) in [6.07, 6.45) is 6.30. The molecule has 2 rings (SSSR count). The Morgan fingerprint density at radius 1 is 1.35 bits per heavy atom. The highest BCUT2D eigenvalue weighted by Gasteiger charge is 2.14. The molecule has 1 amide bonds. The molecule has 0 heterocycles. The number of hydrogen-bond acceptors (Lipinski definition) is 3. The molecule has 0 bridgehead atoms. The highest BCUT2D eigenvalue weighted by molar-refractivity contribution is 5.77. The summed E-state index contributed by atoms with van der Waals surface area (Å²) in [5, 5.41) is 11.8. The molecular formula is C16H20N2O2. The normalized spacial score (nSPS) is 14.8. The zero-order valence-corrected chi connectivity index (χ0v) is 11.6. The number of carbonyl (C=O) groups is 1. The minimum atomic E-state index is -0.129. The molecule has 0 aromatic heterocycles. The number of nitrogens with zero attached hydrogens (tertiary/aromatic N) is 1. The Kier molecular flexibility index (Phi) is 5.43. The van der Waals surface area contributed by atoms with E-state index in [1.54, 1.807) is 24.3 Å². The number of amides is 1. The number of para-hydroxylation sites is 1. The third-order valence-electron chi connectivity index (χ3n) is 3.72. The Balaban J connectivity index is 1.68. The van der Waals surface area contributed by atoms with E-state index in [9.17, 15) is 4.79 Å². The van der Waals surface area contributed by atoms with Gasteiger partial charge in [-0.05, 0) is 24.5 Å². The molecule has 1 aliphatic rings. The number of rotatable bonds is 6. The maximum atomic E-state index is 11.7. The van der Waals surface area contributed by atoms with Gasteiger partial charge in [0.05, 0.1) is 5.56 Å². The lowest BCUT2D eigenvalue weighted by Crippen LogP contribution is -2.30. The number of nitriles is 1. The second-order valence-corrected chi connectivity index (χ2v) is 5.19. The van der Waals surface area contributed by atoms with Gasteiger partial charge in [-0.1, -0.05) is 37.8 Å². The van der Waals surface area contributed by atoms with Crippen molar-refractivity contribution in [3.63, 3.8) is 0 Å². The summed E-state index contributed by atoms with van der Waals surface area (Å²) in [6.45, 7) is 0.677. The maximum absolute atomic E-state index is 11.7. The smallest absolute Gasteiger partial charge is 0.257 e. The predicted molar refractivity (Wildman–Crippen MR) is 76.2 cm³/mol. The van der Waals surface area contributed by atoms with Gasteiger partial charge in [-0.2, -0.15) is 5.26 Å². The number of ether oxygens (including phenoxy) is 1. The van der Waals surface area contributed by atoms with Crippen LogP contribution in [0, 0.1) is 17.2 Å². The Morgan fingerprint density at radius 2 is 2.10 bits per heavy atom. The van der Waals surface area contributed by atoms with Gasteiger partial charge in [0.2, 0.25) is 0 Å². The van der Waals surface area contributed by atoms with Crippen LogP contribution in [0.1, 0.15) is 37.7 Å². The molecule has 1 aromatic rings. The van der Waals surface area contributed by atoms with Crippen LogP contribution < -0.4 is 10.1 Å². The van der Waals surface area contributed by atoms with Gasteiger partial charge in [0.1, 0.15) is 11.8 Å². The van der Waals surface area contributed by atoms with E-state index in [0.29, 0.717) is 17.9 Å². The molecule has 0 spiro atoms. The summed E-state index contributed by atoms with van der Waals surface area (Å²) < 4.78 is 5.38. The third-order valence-corrected chi connectivity index (χ3v) is 3.72. The topological polar surface area (TPSA) is 62.1 Å². The maximum Gasteiger partial charge on any atom is 0.257 e. The molecule has 1 aromatic carbocycles. The largest absolute Gasteiger partial charge is 0.482 e. The summed E-state index contributed by atoms with van der Waals surface area (Å²) in [5.41, 5.74) is 0.450. The van der Waals surface area contributed by atoms with Crippen molar-refractivity contribution in [2.45, 2.75) is 32.1 Å². The van der Waals surface area contributed by atoms with E-state index in [-0.39, 0.29) is 12.5 Å². The van der Waals surface area contributed by atoms with Crippen LogP contribution in [0.25, 0.3) is 0 Å². The lowest BCUT2D eigenvalue weighted by atomic mass is 10.0. The van der Waals surface area contributed by atoms with Crippen molar-refractivity contribution >= 4 is 5.91 Å². The molecule has 106 valence electrons. The van der Waals surface area contributed by atoms with E-state index in [0.717, 1.165) is 12.3 Å². The molecule has 1 saturated carbocycles. The van der Waals surface area contributed by atoms with Gasteiger partial charge in [0.15, 0.2) is 6.61 Å². The quantitative estimate of drug-likeness (QED) is 0.866. The van der Waals surface area contributed by atoms with Crippen molar-refractivity contribution in [2.24, 2.45) is 5.92 Å². The zero-order chi connectivity index (χ0) is 14.2. The molecule has 0 radical (unpaired) electrons. The molecule has 1 N–H and O–H groups in total. The van der Waals surface area contributed by atoms with Gasteiger partial charge in [-0.15, -0.1) is 0 Å². The highest BCUT2D eigenvalue weighted by atomic mass is 16.5. The molecule has 1 fully saturated rings.